The molecule has 0 saturated carbocycles. The van der Waals surface area contributed by atoms with Gasteiger partial charge in [-0.15, -0.1) is 0 Å². The second kappa shape index (κ2) is 7.54. The molecule has 0 aliphatic heterocycles. The molecular formula is C13H19NO3. The monoisotopic (exact) mass is 237 g/mol. The zero-order valence-corrected chi connectivity index (χ0v) is 10.1. The average Bonchev–Trinajstić information content (AvgIpc) is 2.32. The van der Waals surface area contributed by atoms with Crippen LogP contribution in [0, 0.1) is 0 Å². The molecule has 1 aromatic carbocycles. The topological polar surface area (TPSA) is 61.5 Å². The molecule has 1 aromatic rings. The summed E-state index contributed by atoms with van der Waals surface area (Å²) in [6, 6.07) is 6.96. The molecule has 2 N–H and O–H groups in total. The van der Waals surface area contributed by atoms with Crippen molar-refractivity contribution in [2.45, 2.75) is 26.2 Å². The highest BCUT2D eigenvalue weighted by atomic mass is 16.6. The Bertz CT molecular complexity index is 352. The molecule has 0 atom stereocenters. The van der Waals surface area contributed by atoms with E-state index in [-0.39, 0.29) is 12.6 Å². The number of ether oxygens (including phenoxy) is 2. The Labute approximate surface area is 102 Å². The van der Waals surface area contributed by atoms with Crippen molar-refractivity contribution < 1.29 is 14.3 Å². The van der Waals surface area contributed by atoms with Crippen LogP contribution in [0.3, 0.4) is 0 Å². The van der Waals surface area contributed by atoms with E-state index in [0.29, 0.717) is 18.0 Å². The van der Waals surface area contributed by atoms with Crippen LogP contribution in [0.5, 0.6) is 5.75 Å². The summed E-state index contributed by atoms with van der Waals surface area (Å²) in [5.41, 5.74) is 6.19. The number of anilines is 1. The molecule has 0 aromatic heterocycles. The molecule has 0 aliphatic rings. The van der Waals surface area contributed by atoms with Gasteiger partial charge in [-0.3, -0.25) is 0 Å². The molecule has 0 saturated heterocycles. The van der Waals surface area contributed by atoms with Gasteiger partial charge in [-0.25, -0.2) is 4.79 Å². The maximum Gasteiger partial charge on any atom is 0.344 e. The van der Waals surface area contributed by atoms with Crippen LogP contribution in [0.1, 0.15) is 26.2 Å². The highest BCUT2D eigenvalue weighted by Gasteiger charge is 2.03. The summed E-state index contributed by atoms with van der Waals surface area (Å²) in [6.07, 6.45) is 3.08. The lowest BCUT2D eigenvalue weighted by Gasteiger charge is -2.07. The molecule has 0 fully saturated rings. The van der Waals surface area contributed by atoms with E-state index in [0.717, 1.165) is 19.3 Å². The summed E-state index contributed by atoms with van der Waals surface area (Å²) in [5.74, 6) is 0.235. The van der Waals surface area contributed by atoms with Crippen LogP contribution in [0.15, 0.2) is 24.3 Å². The molecule has 0 unspecified atom stereocenters. The van der Waals surface area contributed by atoms with Crippen molar-refractivity contribution in [1.82, 2.24) is 0 Å². The van der Waals surface area contributed by atoms with E-state index in [1.54, 1.807) is 24.3 Å². The van der Waals surface area contributed by atoms with E-state index in [9.17, 15) is 4.79 Å². The fourth-order valence-electron chi connectivity index (χ4n) is 1.33. The molecule has 4 heteroatoms. The van der Waals surface area contributed by atoms with Crippen molar-refractivity contribution in [3.63, 3.8) is 0 Å². The van der Waals surface area contributed by atoms with E-state index >= 15 is 0 Å². The van der Waals surface area contributed by atoms with Gasteiger partial charge < -0.3 is 15.2 Å². The lowest BCUT2D eigenvalue weighted by molar-refractivity contribution is -0.146. The quantitative estimate of drug-likeness (QED) is 0.449. The van der Waals surface area contributed by atoms with Crippen LogP contribution < -0.4 is 10.5 Å². The molecule has 1 rings (SSSR count). The minimum Gasteiger partial charge on any atom is -0.482 e. The van der Waals surface area contributed by atoms with Crippen LogP contribution in [-0.4, -0.2) is 19.2 Å². The van der Waals surface area contributed by atoms with Crippen molar-refractivity contribution in [3.8, 4) is 5.75 Å². The Morgan fingerprint density at radius 2 is 2.18 bits per heavy atom. The third-order valence-corrected chi connectivity index (χ3v) is 2.23. The second-order valence-corrected chi connectivity index (χ2v) is 3.79. The molecule has 0 radical (unpaired) electrons. The number of nitrogens with two attached hydrogens (primary N) is 1. The number of benzene rings is 1. The first-order valence-electron chi connectivity index (χ1n) is 5.86. The highest BCUT2D eigenvalue weighted by Crippen LogP contribution is 2.14. The van der Waals surface area contributed by atoms with Crippen LogP contribution in [0.25, 0.3) is 0 Å². The van der Waals surface area contributed by atoms with Crippen LogP contribution in [-0.2, 0) is 9.53 Å². The van der Waals surface area contributed by atoms with E-state index in [2.05, 4.69) is 6.92 Å². The molecule has 0 spiro atoms. The highest BCUT2D eigenvalue weighted by molar-refractivity contribution is 5.71. The first-order valence-corrected chi connectivity index (χ1v) is 5.86. The summed E-state index contributed by atoms with van der Waals surface area (Å²) >= 11 is 0. The van der Waals surface area contributed by atoms with E-state index in [4.69, 9.17) is 15.2 Å². The SMILES string of the molecule is CCCCCOC(=O)COc1cccc(N)c1. The van der Waals surface area contributed by atoms with Crippen molar-refractivity contribution in [2.75, 3.05) is 18.9 Å². The van der Waals surface area contributed by atoms with Crippen molar-refractivity contribution in [1.29, 1.82) is 0 Å². The predicted molar refractivity (Wildman–Crippen MR) is 66.8 cm³/mol. The van der Waals surface area contributed by atoms with E-state index in [1.165, 1.54) is 0 Å². The molecule has 0 amide bonds. The summed E-state index contributed by atoms with van der Waals surface area (Å²) < 4.78 is 10.3. The van der Waals surface area contributed by atoms with Gasteiger partial charge in [-0.05, 0) is 18.6 Å². The lowest BCUT2D eigenvalue weighted by Crippen LogP contribution is -2.15. The number of rotatable bonds is 7. The summed E-state index contributed by atoms with van der Waals surface area (Å²) in [7, 11) is 0. The normalized spacial score (nSPS) is 9.94. The molecule has 0 bridgehead atoms. The van der Waals surface area contributed by atoms with E-state index in [1.807, 2.05) is 0 Å². The van der Waals surface area contributed by atoms with Gasteiger partial charge in [0, 0.05) is 11.8 Å². The third kappa shape index (κ3) is 5.80. The fraction of sp³-hybridized carbons (Fsp3) is 0.462. The van der Waals surface area contributed by atoms with Gasteiger partial charge in [0.25, 0.3) is 0 Å². The third-order valence-electron chi connectivity index (χ3n) is 2.23. The van der Waals surface area contributed by atoms with Gasteiger partial charge in [0.2, 0.25) is 0 Å². The fourth-order valence-corrected chi connectivity index (χ4v) is 1.33. The minimum atomic E-state index is -0.344. The maximum atomic E-state index is 11.3. The Hall–Kier alpha value is -1.71. The van der Waals surface area contributed by atoms with Crippen LogP contribution in [0.4, 0.5) is 5.69 Å². The Morgan fingerprint density at radius 1 is 1.35 bits per heavy atom. The standard InChI is InChI=1S/C13H19NO3/c1-2-3-4-8-16-13(15)10-17-12-7-5-6-11(14)9-12/h5-7,9H,2-4,8,10,14H2,1H3. The Balaban J connectivity index is 2.19. The van der Waals surface area contributed by atoms with Gasteiger partial charge in [-0.1, -0.05) is 25.8 Å². The minimum absolute atomic E-state index is 0.0738. The molecule has 0 aliphatic carbocycles. The van der Waals surface area contributed by atoms with Crippen molar-refractivity contribution in [3.05, 3.63) is 24.3 Å². The molecule has 17 heavy (non-hydrogen) atoms. The van der Waals surface area contributed by atoms with E-state index < -0.39 is 0 Å². The number of unbranched alkanes of at least 4 members (excludes halogenated alkanes) is 2. The van der Waals surface area contributed by atoms with Crippen LogP contribution in [0.2, 0.25) is 0 Å². The smallest absolute Gasteiger partial charge is 0.344 e. The number of nitrogen functional groups attached to an aromatic ring is 1. The first-order chi connectivity index (χ1) is 8.22. The zero-order chi connectivity index (χ0) is 12.5. The molecular weight excluding hydrogens is 218 g/mol. The largest absolute Gasteiger partial charge is 0.482 e. The molecule has 4 nitrogen and oxygen atoms in total. The van der Waals surface area contributed by atoms with Gasteiger partial charge in [0.15, 0.2) is 6.61 Å². The van der Waals surface area contributed by atoms with Gasteiger partial charge in [0.1, 0.15) is 5.75 Å². The summed E-state index contributed by atoms with van der Waals surface area (Å²) in [5, 5.41) is 0. The average molecular weight is 237 g/mol. The Morgan fingerprint density at radius 3 is 2.88 bits per heavy atom. The van der Waals surface area contributed by atoms with Gasteiger partial charge >= 0.3 is 5.97 Å². The molecule has 0 heterocycles. The Kier molecular flexibility index (Phi) is 5.93. The van der Waals surface area contributed by atoms with Crippen molar-refractivity contribution >= 4 is 11.7 Å². The number of hydrogen-bond acceptors (Lipinski definition) is 4. The number of carbonyl (C=O) groups is 1. The summed E-state index contributed by atoms with van der Waals surface area (Å²) in [4.78, 5) is 11.3. The number of esters is 1. The second-order valence-electron chi connectivity index (χ2n) is 3.79. The van der Waals surface area contributed by atoms with Gasteiger partial charge in [-0.2, -0.15) is 0 Å². The number of carbonyl (C=O) groups excluding carboxylic acids is 1. The zero-order valence-electron chi connectivity index (χ0n) is 10.1. The maximum absolute atomic E-state index is 11.3. The van der Waals surface area contributed by atoms with Gasteiger partial charge in [0.05, 0.1) is 6.61 Å². The predicted octanol–water partition coefficient (Wildman–Crippen LogP) is 2.38. The summed E-state index contributed by atoms with van der Waals surface area (Å²) in [6.45, 7) is 2.49. The molecule has 94 valence electrons. The van der Waals surface area contributed by atoms with Crippen LogP contribution >= 0.6 is 0 Å². The number of hydrogen-bond donors (Lipinski definition) is 1. The lowest BCUT2D eigenvalue weighted by atomic mass is 10.3. The first kappa shape index (κ1) is 13.4. The van der Waals surface area contributed by atoms with Crippen molar-refractivity contribution in [2.24, 2.45) is 0 Å².